The summed E-state index contributed by atoms with van der Waals surface area (Å²) in [6.07, 6.45) is 1.09. The number of thiophene rings is 1. The SMILES string of the molecule is CCc1cc2c(Cl)cc(C)cc2s1. The van der Waals surface area contributed by atoms with Gasteiger partial charge in [-0.2, -0.15) is 0 Å². The molecule has 0 fully saturated rings. The maximum atomic E-state index is 6.14. The van der Waals surface area contributed by atoms with E-state index in [0.29, 0.717) is 0 Å². The summed E-state index contributed by atoms with van der Waals surface area (Å²) in [4.78, 5) is 1.41. The Bertz CT molecular complexity index is 443. The number of benzene rings is 1. The zero-order valence-electron chi connectivity index (χ0n) is 7.73. The van der Waals surface area contributed by atoms with E-state index in [2.05, 4.69) is 26.0 Å². The molecule has 68 valence electrons. The van der Waals surface area contributed by atoms with E-state index < -0.39 is 0 Å². The van der Waals surface area contributed by atoms with Crippen LogP contribution in [0.2, 0.25) is 5.02 Å². The molecule has 2 heteroatoms. The summed E-state index contributed by atoms with van der Waals surface area (Å²) in [5.74, 6) is 0. The maximum absolute atomic E-state index is 6.14. The second-order valence-corrected chi connectivity index (χ2v) is 4.80. The molecule has 0 saturated carbocycles. The largest absolute Gasteiger partial charge is 0.140 e. The number of halogens is 1. The third-order valence-corrected chi connectivity index (χ3v) is 3.67. The number of hydrogen-bond donors (Lipinski definition) is 0. The van der Waals surface area contributed by atoms with Gasteiger partial charge in [-0.1, -0.05) is 18.5 Å². The van der Waals surface area contributed by atoms with Gasteiger partial charge in [0.2, 0.25) is 0 Å². The molecule has 0 amide bonds. The summed E-state index contributed by atoms with van der Waals surface area (Å²) in [5, 5.41) is 2.08. The van der Waals surface area contributed by atoms with E-state index in [1.54, 1.807) is 0 Å². The van der Waals surface area contributed by atoms with Crippen LogP contribution in [0, 0.1) is 6.92 Å². The van der Waals surface area contributed by atoms with Crippen LogP contribution in [0.4, 0.5) is 0 Å². The summed E-state index contributed by atoms with van der Waals surface area (Å²) in [6.45, 7) is 4.25. The Balaban J connectivity index is 2.75. The minimum absolute atomic E-state index is 0.881. The van der Waals surface area contributed by atoms with Crippen molar-refractivity contribution in [3.8, 4) is 0 Å². The van der Waals surface area contributed by atoms with Gasteiger partial charge in [-0.05, 0) is 37.1 Å². The second-order valence-electron chi connectivity index (χ2n) is 3.22. The number of fused-ring (bicyclic) bond motifs is 1. The van der Waals surface area contributed by atoms with E-state index in [9.17, 15) is 0 Å². The molecule has 0 aliphatic carbocycles. The molecule has 2 rings (SSSR count). The average molecular weight is 211 g/mol. The zero-order chi connectivity index (χ0) is 9.42. The average Bonchev–Trinajstić information content (AvgIpc) is 2.47. The number of rotatable bonds is 1. The first-order chi connectivity index (χ1) is 6.20. The highest BCUT2D eigenvalue weighted by Gasteiger charge is 2.04. The molecule has 1 aromatic heterocycles. The van der Waals surface area contributed by atoms with E-state index in [0.717, 1.165) is 11.4 Å². The van der Waals surface area contributed by atoms with Crippen molar-refractivity contribution in [2.24, 2.45) is 0 Å². The minimum Gasteiger partial charge on any atom is -0.140 e. The Morgan fingerprint density at radius 1 is 1.31 bits per heavy atom. The predicted octanol–water partition coefficient (Wildman–Crippen LogP) is 4.43. The van der Waals surface area contributed by atoms with Crippen molar-refractivity contribution in [1.82, 2.24) is 0 Å². The minimum atomic E-state index is 0.881. The molecule has 0 atom stereocenters. The Morgan fingerprint density at radius 3 is 2.77 bits per heavy atom. The molecule has 0 aliphatic heterocycles. The van der Waals surface area contributed by atoms with Gasteiger partial charge in [-0.3, -0.25) is 0 Å². The highest BCUT2D eigenvalue weighted by atomic mass is 35.5. The van der Waals surface area contributed by atoms with Crippen molar-refractivity contribution in [1.29, 1.82) is 0 Å². The van der Waals surface area contributed by atoms with Crippen LogP contribution < -0.4 is 0 Å². The molecule has 0 bridgehead atoms. The molecule has 0 nitrogen and oxygen atoms in total. The van der Waals surface area contributed by atoms with Crippen LogP contribution >= 0.6 is 22.9 Å². The van der Waals surface area contributed by atoms with Crippen LogP contribution in [-0.4, -0.2) is 0 Å². The standard InChI is InChI=1S/C11H11ClS/c1-3-8-6-9-10(12)4-7(2)5-11(9)13-8/h4-6H,3H2,1-2H3. The van der Waals surface area contributed by atoms with Crippen LogP contribution in [0.5, 0.6) is 0 Å². The van der Waals surface area contributed by atoms with Crippen LogP contribution in [-0.2, 0) is 6.42 Å². The van der Waals surface area contributed by atoms with E-state index >= 15 is 0 Å². The summed E-state index contributed by atoms with van der Waals surface area (Å²) >= 11 is 7.98. The van der Waals surface area contributed by atoms with Gasteiger partial charge in [-0.25, -0.2) is 0 Å². The molecular formula is C11H11ClS. The first-order valence-electron chi connectivity index (χ1n) is 4.39. The summed E-state index contributed by atoms with van der Waals surface area (Å²) in [6, 6.07) is 6.42. The Labute approximate surface area is 87.2 Å². The first-order valence-corrected chi connectivity index (χ1v) is 5.58. The van der Waals surface area contributed by atoms with E-state index in [4.69, 9.17) is 11.6 Å². The molecule has 2 aromatic rings. The lowest BCUT2D eigenvalue weighted by molar-refractivity contribution is 1.19. The normalized spacial score (nSPS) is 11.0. The fourth-order valence-electron chi connectivity index (χ4n) is 1.45. The van der Waals surface area contributed by atoms with Crippen LogP contribution in [0.1, 0.15) is 17.4 Å². The topological polar surface area (TPSA) is 0 Å². The number of hydrogen-bond acceptors (Lipinski definition) is 1. The van der Waals surface area contributed by atoms with Gasteiger partial charge in [0, 0.05) is 20.0 Å². The Kier molecular flexibility index (Phi) is 2.31. The lowest BCUT2D eigenvalue weighted by atomic mass is 10.2. The van der Waals surface area contributed by atoms with Crippen molar-refractivity contribution < 1.29 is 0 Å². The summed E-state index contributed by atoms with van der Waals surface area (Å²) < 4.78 is 1.31. The van der Waals surface area contributed by atoms with Crippen molar-refractivity contribution in [3.05, 3.63) is 33.7 Å². The molecule has 0 radical (unpaired) electrons. The third kappa shape index (κ3) is 1.59. The monoisotopic (exact) mass is 210 g/mol. The van der Waals surface area contributed by atoms with Gasteiger partial charge in [-0.15, -0.1) is 11.3 Å². The van der Waals surface area contributed by atoms with Gasteiger partial charge in [0.15, 0.2) is 0 Å². The van der Waals surface area contributed by atoms with Crippen LogP contribution in [0.3, 0.4) is 0 Å². The van der Waals surface area contributed by atoms with Gasteiger partial charge < -0.3 is 0 Å². The van der Waals surface area contributed by atoms with E-state index in [1.807, 2.05) is 17.4 Å². The van der Waals surface area contributed by atoms with E-state index in [1.165, 1.54) is 20.5 Å². The smallest absolute Gasteiger partial charge is 0.0495 e. The predicted molar refractivity (Wildman–Crippen MR) is 61.0 cm³/mol. The van der Waals surface area contributed by atoms with Gasteiger partial charge in [0.1, 0.15) is 0 Å². The Hall–Kier alpha value is -0.530. The van der Waals surface area contributed by atoms with Gasteiger partial charge in [0.25, 0.3) is 0 Å². The summed E-state index contributed by atoms with van der Waals surface area (Å²) in [5.41, 5.74) is 1.24. The van der Waals surface area contributed by atoms with Crippen LogP contribution in [0.15, 0.2) is 18.2 Å². The van der Waals surface area contributed by atoms with Crippen molar-refractivity contribution in [2.45, 2.75) is 20.3 Å². The first kappa shape index (κ1) is 9.04. The van der Waals surface area contributed by atoms with Crippen molar-refractivity contribution in [3.63, 3.8) is 0 Å². The lowest BCUT2D eigenvalue weighted by Crippen LogP contribution is -1.71. The molecule has 13 heavy (non-hydrogen) atoms. The van der Waals surface area contributed by atoms with Crippen molar-refractivity contribution in [2.75, 3.05) is 0 Å². The molecule has 0 spiro atoms. The van der Waals surface area contributed by atoms with Crippen LogP contribution in [0.25, 0.3) is 10.1 Å². The molecule has 0 N–H and O–H groups in total. The molecule has 0 unspecified atom stereocenters. The fourth-order valence-corrected chi connectivity index (χ4v) is 2.96. The number of aryl methyl sites for hydroxylation is 2. The second kappa shape index (κ2) is 3.32. The molecule has 0 aliphatic rings. The lowest BCUT2D eigenvalue weighted by Gasteiger charge is -1.95. The highest BCUT2D eigenvalue weighted by molar-refractivity contribution is 7.19. The van der Waals surface area contributed by atoms with Gasteiger partial charge in [0.05, 0.1) is 0 Å². The van der Waals surface area contributed by atoms with Gasteiger partial charge >= 0.3 is 0 Å². The third-order valence-electron chi connectivity index (χ3n) is 2.13. The zero-order valence-corrected chi connectivity index (χ0v) is 9.30. The molecule has 0 saturated heterocycles. The maximum Gasteiger partial charge on any atom is 0.0495 e. The molecular weight excluding hydrogens is 200 g/mol. The highest BCUT2D eigenvalue weighted by Crippen LogP contribution is 2.32. The molecule has 1 heterocycles. The van der Waals surface area contributed by atoms with E-state index in [-0.39, 0.29) is 0 Å². The quantitative estimate of drug-likeness (QED) is 0.654. The Morgan fingerprint density at radius 2 is 2.08 bits per heavy atom. The fraction of sp³-hybridized carbons (Fsp3) is 0.273. The molecule has 1 aromatic carbocycles. The van der Waals surface area contributed by atoms with Crippen molar-refractivity contribution >= 4 is 33.0 Å². The summed E-state index contributed by atoms with van der Waals surface area (Å²) in [7, 11) is 0.